The van der Waals surface area contributed by atoms with Gasteiger partial charge in [0.15, 0.2) is 5.65 Å². The van der Waals surface area contributed by atoms with E-state index in [2.05, 4.69) is 55.1 Å². The standard InChI is InChI=1S/C19H19BrN6O/c1-3-7-21-19-23-16(13-10-26(8-4-2)25-17(13)24-19)15-12-9-11(20)5-6-14(12)22-18(15)27/h3,5-6,9-10,15H,1,4,7-8H2,2H3,(H,22,27)(H,21,24,25). The molecule has 2 N–H and O–H groups in total. The van der Waals surface area contributed by atoms with Gasteiger partial charge in [0.05, 0.1) is 11.1 Å². The maximum absolute atomic E-state index is 12.8. The Morgan fingerprint density at radius 2 is 2.26 bits per heavy atom. The Labute approximate surface area is 165 Å². The van der Waals surface area contributed by atoms with Crippen LogP contribution in [0.2, 0.25) is 0 Å². The number of hydrogen-bond donors (Lipinski definition) is 2. The summed E-state index contributed by atoms with van der Waals surface area (Å²) in [6.07, 6.45) is 4.62. The van der Waals surface area contributed by atoms with Gasteiger partial charge in [-0.15, -0.1) is 6.58 Å². The van der Waals surface area contributed by atoms with Crippen molar-refractivity contribution in [1.82, 2.24) is 19.7 Å². The van der Waals surface area contributed by atoms with Gasteiger partial charge in [0.1, 0.15) is 5.92 Å². The molecule has 4 rings (SSSR count). The summed E-state index contributed by atoms with van der Waals surface area (Å²) in [4.78, 5) is 22.0. The van der Waals surface area contributed by atoms with Crippen LogP contribution in [0, 0.1) is 0 Å². The molecule has 0 aliphatic carbocycles. The van der Waals surface area contributed by atoms with Crippen LogP contribution in [0.1, 0.15) is 30.5 Å². The SMILES string of the molecule is C=CCNc1nc(C2C(=O)Nc3ccc(Br)cc32)c2cn(CCC)nc2n1. The van der Waals surface area contributed by atoms with E-state index in [0.29, 0.717) is 23.8 Å². The lowest BCUT2D eigenvalue weighted by atomic mass is 9.95. The van der Waals surface area contributed by atoms with Crippen LogP contribution in [-0.4, -0.2) is 32.2 Å². The highest BCUT2D eigenvalue weighted by Crippen LogP contribution is 2.40. The van der Waals surface area contributed by atoms with Crippen LogP contribution in [0.15, 0.2) is 41.5 Å². The molecule has 1 aliphatic heterocycles. The van der Waals surface area contributed by atoms with Crippen molar-refractivity contribution < 1.29 is 4.79 Å². The molecule has 1 unspecified atom stereocenters. The number of rotatable bonds is 6. The highest BCUT2D eigenvalue weighted by atomic mass is 79.9. The third-order valence-electron chi connectivity index (χ3n) is 4.43. The van der Waals surface area contributed by atoms with Crippen molar-refractivity contribution in [3.8, 4) is 0 Å². The average molecular weight is 427 g/mol. The van der Waals surface area contributed by atoms with E-state index in [0.717, 1.165) is 34.1 Å². The highest BCUT2D eigenvalue weighted by Gasteiger charge is 2.35. The molecule has 3 heterocycles. The molecule has 0 spiro atoms. The van der Waals surface area contributed by atoms with Crippen LogP contribution >= 0.6 is 15.9 Å². The normalized spacial score (nSPS) is 15.6. The fourth-order valence-electron chi connectivity index (χ4n) is 3.28. The molecule has 0 saturated heterocycles. The predicted molar refractivity (Wildman–Crippen MR) is 109 cm³/mol. The minimum absolute atomic E-state index is 0.0963. The van der Waals surface area contributed by atoms with Crippen LogP contribution in [0.5, 0.6) is 0 Å². The van der Waals surface area contributed by atoms with E-state index in [4.69, 9.17) is 0 Å². The quantitative estimate of drug-likeness (QED) is 0.587. The summed E-state index contributed by atoms with van der Waals surface area (Å²) >= 11 is 3.50. The summed E-state index contributed by atoms with van der Waals surface area (Å²) in [7, 11) is 0. The molecule has 0 fully saturated rings. The molecule has 0 bridgehead atoms. The molecular formula is C19H19BrN6O. The van der Waals surface area contributed by atoms with Crippen molar-refractivity contribution in [2.75, 3.05) is 17.2 Å². The molecule has 7 nitrogen and oxygen atoms in total. The Hall–Kier alpha value is -2.74. The van der Waals surface area contributed by atoms with Crippen molar-refractivity contribution in [1.29, 1.82) is 0 Å². The first-order chi connectivity index (χ1) is 13.1. The number of carbonyl (C=O) groups is 1. The van der Waals surface area contributed by atoms with Gasteiger partial charge in [-0.05, 0) is 30.2 Å². The zero-order chi connectivity index (χ0) is 19.0. The number of aromatic nitrogens is 4. The third-order valence-corrected chi connectivity index (χ3v) is 4.92. The van der Waals surface area contributed by atoms with E-state index < -0.39 is 5.92 Å². The first-order valence-corrected chi connectivity index (χ1v) is 9.60. The number of hydrogen-bond acceptors (Lipinski definition) is 5. The smallest absolute Gasteiger partial charge is 0.238 e. The predicted octanol–water partition coefficient (Wildman–Crippen LogP) is 3.68. The van der Waals surface area contributed by atoms with Gasteiger partial charge in [0.2, 0.25) is 11.9 Å². The molecular weight excluding hydrogens is 408 g/mol. The lowest BCUT2D eigenvalue weighted by Gasteiger charge is -2.11. The number of aryl methyl sites for hydroxylation is 1. The molecule has 3 aromatic rings. The van der Waals surface area contributed by atoms with Crippen LogP contribution < -0.4 is 10.6 Å². The van der Waals surface area contributed by atoms with Crippen LogP contribution in [-0.2, 0) is 11.3 Å². The van der Waals surface area contributed by atoms with E-state index in [1.54, 1.807) is 6.08 Å². The van der Waals surface area contributed by atoms with E-state index in [1.807, 2.05) is 29.1 Å². The molecule has 1 aromatic carbocycles. The highest BCUT2D eigenvalue weighted by molar-refractivity contribution is 9.10. The van der Waals surface area contributed by atoms with Gasteiger partial charge < -0.3 is 10.6 Å². The second kappa shape index (κ2) is 7.11. The van der Waals surface area contributed by atoms with Crippen LogP contribution in [0.4, 0.5) is 11.6 Å². The molecule has 138 valence electrons. The number of fused-ring (bicyclic) bond motifs is 2. The molecule has 8 heteroatoms. The van der Waals surface area contributed by atoms with E-state index >= 15 is 0 Å². The van der Waals surface area contributed by atoms with Crippen LogP contribution in [0.25, 0.3) is 11.0 Å². The van der Waals surface area contributed by atoms with Gasteiger partial charge >= 0.3 is 0 Å². The number of nitrogens with zero attached hydrogens (tertiary/aromatic N) is 4. The van der Waals surface area contributed by atoms with Gasteiger partial charge in [-0.25, -0.2) is 4.98 Å². The van der Waals surface area contributed by atoms with Crippen molar-refractivity contribution >= 4 is 44.5 Å². The Morgan fingerprint density at radius 3 is 3.04 bits per heavy atom. The number of benzene rings is 1. The van der Waals surface area contributed by atoms with Gasteiger partial charge in [0.25, 0.3) is 0 Å². The molecule has 1 atom stereocenters. The third kappa shape index (κ3) is 3.21. The molecule has 1 aliphatic rings. The topological polar surface area (TPSA) is 84.7 Å². The van der Waals surface area contributed by atoms with E-state index in [1.165, 1.54) is 0 Å². The average Bonchev–Trinajstić information content (AvgIpc) is 3.19. The summed E-state index contributed by atoms with van der Waals surface area (Å²) < 4.78 is 2.77. The number of anilines is 2. The van der Waals surface area contributed by atoms with Crippen molar-refractivity contribution in [3.63, 3.8) is 0 Å². The second-order valence-corrected chi connectivity index (χ2v) is 7.30. The first-order valence-electron chi connectivity index (χ1n) is 8.81. The Bertz CT molecular complexity index is 1040. The lowest BCUT2D eigenvalue weighted by Crippen LogP contribution is -2.16. The van der Waals surface area contributed by atoms with E-state index in [-0.39, 0.29) is 5.91 Å². The zero-order valence-electron chi connectivity index (χ0n) is 14.9. The minimum Gasteiger partial charge on any atom is -0.351 e. The lowest BCUT2D eigenvalue weighted by molar-refractivity contribution is -0.116. The number of amides is 1. The van der Waals surface area contributed by atoms with Gasteiger partial charge in [-0.2, -0.15) is 10.1 Å². The fraction of sp³-hybridized carbons (Fsp3) is 0.263. The molecule has 2 aromatic heterocycles. The van der Waals surface area contributed by atoms with Crippen molar-refractivity contribution in [2.24, 2.45) is 0 Å². The summed E-state index contributed by atoms with van der Waals surface area (Å²) in [5.74, 6) is -0.164. The van der Waals surface area contributed by atoms with Crippen molar-refractivity contribution in [3.05, 3.63) is 52.8 Å². The first kappa shape index (κ1) is 17.7. The molecule has 0 saturated carbocycles. The maximum atomic E-state index is 12.8. The second-order valence-electron chi connectivity index (χ2n) is 6.39. The fourth-order valence-corrected chi connectivity index (χ4v) is 3.66. The minimum atomic E-state index is -0.508. The maximum Gasteiger partial charge on any atom is 0.238 e. The zero-order valence-corrected chi connectivity index (χ0v) is 16.5. The van der Waals surface area contributed by atoms with Crippen molar-refractivity contribution in [2.45, 2.75) is 25.8 Å². The molecule has 0 radical (unpaired) electrons. The Morgan fingerprint density at radius 1 is 1.41 bits per heavy atom. The van der Waals surface area contributed by atoms with Gasteiger partial charge in [0, 0.05) is 29.4 Å². The van der Waals surface area contributed by atoms with Gasteiger partial charge in [-0.3, -0.25) is 9.48 Å². The molecule has 1 amide bonds. The summed E-state index contributed by atoms with van der Waals surface area (Å²) in [6, 6.07) is 5.76. The van der Waals surface area contributed by atoms with E-state index in [9.17, 15) is 4.79 Å². The van der Waals surface area contributed by atoms with Gasteiger partial charge in [-0.1, -0.05) is 28.9 Å². The summed E-state index contributed by atoms with van der Waals surface area (Å²) in [5.41, 5.74) is 2.94. The number of halogens is 1. The Kier molecular flexibility index (Phi) is 4.65. The largest absolute Gasteiger partial charge is 0.351 e. The number of carbonyl (C=O) groups excluding carboxylic acids is 1. The monoisotopic (exact) mass is 426 g/mol. The summed E-state index contributed by atoms with van der Waals surface area (Å²) in [5, 5.41) is 11.4. The molecule has 27 heavy (non-hydrogen) atoms. The Balaban J connectivity index is 1.90. The number of nitrogens with one attached hydrogen (secondary N) is 2. The summed E-state index contributed by atoms with van der Waals surface area (Å²) in [6.45, 7) is 7.11. The van der Waals surface area contributed by atoms with Crippen LogP contribution in [0.3, 0.4) is 0 Å².